The highest BCUT2D eigenvalue weighted by atomic mass is 16.2. The third-order valence-corrected chi connectivity index (χ3v) is 4.41. The summed E-state index contributed by atoms with van der Waals surface area (Å²) < 4.78 is 0. The van der Waals surface area contributed by atoms with Crippen LogP contribution in [0.15, 0.2) is 12.3 Å². The summed E-state index contributed by atoms with van der Waals surface area (Å²) in [5.74, 6) is 0.980. The van der Waals surface area contributed by atoms with Gasteiger partial charge in [-0.25, -0.2) is 4.98 Å². The number of anilines is 2. The van der Waals surface area contributed by atoms with Crippen molar-refractivity contribution in [1.29, 1.82) is 0 Å². The van der Waals surface area contributed by atoms with Crippen molar-refractivity contribution in [3.05, 3.63) is 17.8 Å². The van der Waals surface area contributed by atoms with Crippen LogP contribution >= 0.6 is 0 Å². The highest BCUT2D eigenvalue weighted by molar-refractivity contribution is 5.99. The Morgan fingerprint density at radius 3 is 2.68 bits per heavy atom. The topological polar surface area (TPSA) is 54.0 Å². The van der Waals surface area contributed by atoms with E-state index in [1.165, 1.54) is 12.8 Å². The number of aromatic nitrogens is 1. The van der Waals surface area contributed by atoms with E-state index < -0.39 is 0 Å². The summed E-state index contributed by atoms with van der Waals surface area (Å²) >= 11 is 0. The molecule has 1 aliphatic heterocycles. The van der Waals surface area contributed by atoms with Gasteiger partial charge in [0, 0.05) is 12.7 Å². The molecule has 3 rings (SSSR count). The lowest BCUT2D eigenvalue weighted by atomic mass is 9.79. The number of nitrogens with one attached hydrogen (secondary N) is 2. The van der Waals surface area contributed by atoms with Crippen molar-refractivity contribution in [2.75, 3.05) is 17.2 Å². The van der Waals surface area contributed by atoms with E-state index in [9.17, 15) is 4.79 Å². The number of amides is 1. The summed E-state index contributed by atoms with van der Waals surface area (Å²) in [5, 5.41) is 6.46. The van der Waals surface area contributed by atoms with E-state index in [1.54, 1.807) is 0 Å². The van der Waals surface area contributed by atoms with E-state index in [0.717, 1.165) is 42.8 Å². The van der Waals surface area contributed by atoms with Crippen LogP contribution in [0.2, 0.25) is 0 Å². The van der Waals surface area contributed by atoms with E-state index in [4.69, 9.17) is 0 Å². The third kappa shape index (κ3) is 2.31. The second-order valence-electron chi connectivity index (χ2n) is 5.91. The molecule has 1 amide bonds. The molecule has 0 aromatic carbocycles. The smallest absolute Gasteiger partial charge is 0.232 e. The fourth-order valence-corrected chi connectivity index (χ4v) is 3.20. The molecule has 1 fully saturated rings. The molecule has 1 saturated carbocycles. The van der Waals surface area contributed by atoms with Crippen molar-refractivity contribution in [3.63, 3.8) is 0 Å². The van der Waals surface area contributed by atoms with Crippen LogP contribution in [0.4, 0.5) is 11.5 Å². The van der Waals surface area contributed by atoms with Crippen LogP contribution in [0.1, 0.15) is 44.1 Å². The SMILES string of the molecule is Cc1cnc2c(c1)NC(=O)C1(CCCCCC1)CN2. The Hall–Kier alpha value is -1.58. The number of carbonyl (C=O) groups is 1. The minimum absolute atomic E-state index is 0.174. The average Bonchev–Trinajstić information content (AvgIpc) is 2.70. The zero-order valence-electron chi connectivity index (χ0n) is 11.5. The molecule has 19 heavy (non-hydrogen) atoms. The molecule has 4 heteroatoms. The van der Waals surface area contributed by atoms with E-state index >= 15 is 0 Å². The average molecular weight is 259 g/mol. The Kier molecular flexibility index (Phi) is 3.17. The van der Waals surface area contributed by atoms with Gasteiger partial charge >= 0.3 is 0 Å². The summed E-state index contributed by atoms with van der Waals surface area (Å²) in [6.07, 6.45) is 8.61. The molecule has 0 radical (unpaired) electrons. The molecule has 0 bridgehead atoms. The fraction of sp³-hybridized carbons (Fsp3) is 0.600. The van der Waals surface area contributed by atoms with E-state index in [2.05, 4.69) is 15.6 Å². The third-order valence-electron chi connectivity index (χ3n) is 4.41. The summed E-state index contributed by atoms with van der Waals surface area (Å²) in [5.41, 5.74) is 1.65. The minimum atomic E-state index is -0.245. The highest BCUT2D eigenvalue weighted by Gasteiger charge is 2.40. The summed E-state index contributed by atoms with van der Waals surface area (Å²) in [6, 6.07) is 1.99. The molecule has 1 aromatic rings. The van der Waals surface area contributed by atoms with Gasteiger partial charge in [0.05, 0.1) is 11.1 Å². The first kappa shape index (κ1) is 12.5. The molecule has 2 N–H and O–H groups in total. The number of aryl methyl sites for hydroxylation is 1. The zero-order valence-corrected chi connectivity index (χ0v) is 11.5. The van der Waals surface area contributed by atoms with Crippen molar-refractivity contribution >= 4 is 17.4 Å². The van der Waals surface area contributed by atoms with Gasteiger partial charge in [-0.05, 0) is 31.4 Å². The first-order valence-corrected chi connectivity index (χ1v) is 7.22. The van der Waals surface area contributed by atoms with Crippen molar-refractivity contribution < 1.29 is 4.79 Å². The number of hydrogen-bond donors (Lipinski definition) is 2. The van der Waals surface area contributed by atoms with Crippen LogP contribution in [-0.4, -0.2) is 17.4 Å². The maximum atomic E-state index is 12.6. The molecular formula is C15H21N3O. The molecule has 1 aromatic heterocycles. The van der Waals surface area contributed by atoms with Crippen molar-refractivity contribution in [1.82, 2.24) is 4.98 Å². The molecule has 0 saturated heterocycles. The number of nitrogens with zero attached hydrogens (tertiary/aromatic N) is 1. The second-order valence-corrected chi connectivity index (χ2v) is 5.91. The summed E-state index contributed by atoms with van der Waals surface area (Å²) in [7, 11) is 0. The number of pyridine rings is 1. The van der Waals surface area contributed by atoms with Crippen LogP contribution in [0.25, 0.3) is 0 Å². The fourth-order valence-electron chi connectivity index (χ4n) is 3.20. The van der Waals surface area contributed by atoms with Crippen LogP contribution in [0, 0.1) is 12.3 Å². The molecule has 0 unspecified atom stereocenters. The molecule has 1 aliphatic carbocycles. The van der Waals surface area contributed by atoms with Crippen LogP contribution in [-0.2, 0) is 4.79 Å². The van der Waals surface area contributed by atoms with E-state index in [-0.39, 0.29) is 11.3 Å². The largest absolute Gasteiger partial charge is 0.367 e. The number of carbonyl (C=O) groups excluding carboxylic acids is 1. The van der Waals surface area contributed by atoms with Crippen molar-refractivity contribution in [2.45, 2.75) is 45.4 Å². The van der Waals surface area contributed by atoms with Gasteiger partial charge in [0.2, 0.25) is 5.91 Å². The van der Waals surface area contributed by atoms with Gasteiger partial charge in [-0.15, -0.1) is 0 Å². The lowest BCUT2D eigenvalue weighted by molar-refractivity contribution is -0.125. The first-order valence-electron chi connectivity index (χ1n) is 7.22. The lowest BCUT2D eigenvalue weighted by Crippen LogP contribution is -2.39. The molecular weight excluding hydrogens is 238 g/mol. The molecule has 4 nitrogen and oxygen atoms in total. The number of rotatable bonds is 0. The standard InChI is InChI=1S/C15H21N3O/c1-11-8-12-13(16-9-11)17-10-15(14(19)18-12)6-4-2-3-5-7-15/h8-9H,2-7,10H2,1H3,(H,16,17)(H,18,19). The van der Waals surface area contributed by atoms with Gasteiger partial charge in [0.1, 0.15) is 5.82 Å². The zero-order chi connectivity index (χ0) is 13.3. The normalized spacial score (nSPS) is 21.8. The Morgan fingerprint density at radius 1 is 1.21 bits per heavy atom. The van der Waals surface area contributed by atoms with Gasteiger partial charge in [-0.1, -0.05) is 25.7 Å². The predicted octanol–water partition coefficient (Wildman–Crippen LogP) is 3.09. The monoisotopic (exact) mass is 259 g/mol. The quantitative estimate of drug-likeness (QED) is 0.752. The van der Waals surface area contributed by atoms with Gasteiger partial charge in [-0.3, -0.25) is 4.79 Å². The maximum Gasteiger partial charge on any atom is 0.232 e. The second kappa shape index (κ2) is 4.83. The Morgan fingerprint density at radius 2 is 1.95 bits per heavy atom. The van der Waals surface area contributed by atoms with Crippen molar-refractivity contribution in [2.24, 2.45) is 5.41 Å². The molecule has 1 spiro atoms. The van der Waals surface area contributed by atoms with Crippen LogP contribution in [0.3, 0.4) is 0 Å². The number of hydrogen-bond acceptors (Lipinski definition) is 3. The Bertz CT molecular complexity index is 490. The van der Waals surface area contributed by atoms with Crippen molar-refractivity contribution in [3.8, 4) is 0 Å². The van der Waals surface area contributed by atoms with Crippen LogP contribution < -0.4 is 10.6 Å². The van der Waals surface area contributed by atoms with Crippen LogP contribution in [0.5, 0.6) is 0 Å². The molecule has 2 heterocycles. The molecule has 0 atom stereocenters. The van der Waals surface area contributed by atoms with Gasteiger partial charge in [-0.2, -0.15) is 0 Å². The summed E-state index contributed by atoms with van der Waals surface area (Å²) in [4.78, 5) is 17.0. The van der Waals surface area contributed by atoms with Gasteiger partial charge < -0.3 is 10.6 Å². The van der Waals surface area contributed by atoms with Gasteiger partial charge in [0.25, 0.3) is 0 Å². The Labute approximate surface area is 114 Å². The first-order chi connectivity index (χ1) is 9.20. The van der Waals surface area contributed by atoms with E-state index in [0.29, 0.717) is 6.54 Å². The summed E-state index contributed by atoms with van der Waals surface area (Å²) in [6.45, 7) is 2.70. The molecule has 2 aliphatic rings. The minimum Gasteiger partial charge on any atom is -0.367 e. The maximum absolute atomic E-state index is 12.6. The molecule has 102 valence electrons. The number of fused-ring (bicyclic) bond motifs is 1. The van der Waals surface area contributed by atoms with Gasteiger partial charge in [0.15, 0.2) is 0 Å². The lowest BCUT2D eigenvalue weighted by Gasteiger charge is -2.29. The predicted molar refractivity (Wildman–Crippen MR) is 76.2 cm³/mol. The Balaban J connectivity index is 1.91. The van der Waals surface area contributed by atoms with E-state index in [1.807, 2.05) is 19.2 Å². The highest BCUT2D eigenvalue weighted by Crippen LogP contribution is 2.39.